The van der Waals surface area contributed by atoms with Crippen LogP contribution in [0.5, 0.6) is 0 Å². The van der Waals surface area contributed by atoms with Crippen molar-refractivity contribution in [2.45, 2.75) is 24.3 Å². The lowest BCUT2D eigenvalue weighted by molar-refractivity contribution is 0.0671. The van der Waals surface area contributed by atoms with Gasteiger partial charge in [-0.25, -0.2) is 4.79 Å². The summed E-state index contributed by atoms with van der Waals surface area (Å²) in [5.41, 5.74) is -0.230. The van der Waals surface area contributed by atoms with E-state index in [4.69, 9.17) is 9.47 Å². The van der Waals surface area contributed by atoms with Gasteiger partial charge in [-0.15, -0.1) is 0 Å². The number of benzene rings is 1. The highest BCUT2D eigenvalue weighted by Crippen LogP contribution is 2.35. The monoisotopic (exact) mass is 272 g/mol. The van der Waals surface area contributed by atoms with Gasteiger partial charge in [0.15, 0.2) is 5.60 Å². The quantitative estimate of drug-likeness (QED) is 0.650. The van der Waals surface area contributed by atoms with E-state index in [0.717, 1.165) is 5.56 Å². The van der Waals surface area contributed by atoms with Crippen LogP contribution in [0.1, 0.15) is 18.1 Å². The number of hydrogen-bond acceptors (Lipinski definition) is 5. The molecule has 1 fully saturated rings. The highest BCUT2D eigenvalue weighted by atomic mass is 32.2. The Balaban J connectivity index is 2.63. The number of rotatable bonds is 2. The Kier molecular flexibility index (Phi) is 2.83. The lowest BCUT2D eigenvalue weighted by atomic mass is 9.95. The summed E-state index contributed by atoms with van der Waals surface area (Å²) in [6, 6.07) is 4.37. The minimum Gasteiger partial charge on any atom is -0.430 e. The molecule has 0 spiro atoms. The number of carbonyl (C=O) groups is 1. The highest BCUT2D eigenvalue weighted by molar-refractivity contribution is 7.85. The molecule has 1 unspecified atom stereocenters. The van der Waals surface area contributed by atoms with E-state index in [0.29, 0.717) is 0 Å². The van der Waals surface area contributed by atoms with Gasteiger partial charge in [-0.2, -0.15) is 8.42 Å². The fraction of sp³-hybridized carbons (Fsp3) is 0.364. The molecule has 98 valence electrons. The Labute approximate surface area is 104 Å². The molecule has 2 rings (SSSR count). The molecule has 0 aromatic heterocycles. The molecule has 1 N–H and O–H groups in total. The molecule has 0 saturated carbocycles. The van der Waals surface area contributed by atoms with Crippen LogP contribution in [0.25, 0.3) is 0 Å². The molecule has 18 heavy (non-hydrogen) atoms. The van der Waals surface area contributed by atoms with Gasteiger partial charge in [-0.05, 0) is 19.9 Å². The molecule has 1 aromatic rings. The predicted molar refractivity (Wildman–Crippen MR) is 60.8 cm³/mol. The first kappa shape index (κ1) is 12.8. The summed E-state index contributed by atoms with van der Waals surface area (Å²) in [4.78, 5) is 10.7. The number of hydrogen-bond donors (Lipinski definition) is 1. The zero-order chi connectivity index (χ0) is 13.6. The largest absolute Gasteiger partial charge is 0.509 e. The van der Waals surface area contributed by atoms with E-state index >= 15 is 0 Å². The summed E-state index contributed by atoms with van der Waals surface area (Å²) in [5.74, 6) is 0. The lowest BCUT2D eigenvalue weighted by Crippen LogP contribution is -2.27. The van der Waals surface area contributed by atoms with E-state index in [1.165, 1.54) is 13.0 Å². The van der Waals surface area contributed by atoms with E-state index in [1.54, 1.807) is 19.1 Å². The molecular weight excluding hydrogens is 260 g/mol. The van der Waals surface area contributed by atoms with Crippen molar-refractivity contribution >= 4 is 16.3 Å². The van der Waals surface area contributed by atoms with Gasteiger partial charge in [-0.3, -0.25) is 4.55 Å². The highest BCUT2D eigenvalue weighted by Gasteiger charge is 2.42. The minimum absolute atomic E-state index is 0.0994. The molecule has 7 heteroatoms. The van der Waals surface area contributed by atoms with Crippen molar-refractivity contribution in [1.29, 1.82) is 0 Å². The van der Waals surface area contributed by atoms with Crippen molar-refractivity contribution in [3.05, 3.63) is 29.3 Å². The third-order valence-corrected chi connectivity index (χ3v) is 3.67. The first-order valence-corrected chi connectivity index (χ1v) is 6.61. The number of aryl methyl sites for hydroxylation is 1. The molecule has 1 saturated heterocycles. The fourth-order valence-electron chi connectivity index (χ4n) is 1.85. The Morgan fingerprint density at radius 3 is 2.56 bits per heavy atom. The lowest BCUT2D eigenvalue weighted by Gasteiger charge is -2.22. The van der Waals surface area contributed by atoms with E-state index < -0.39 is 21.9 Å². The van der Waals surface area contributed by atoms with Crippen LogP contribution < -0.4 is 0 Å². The summed E-state index contributed by atoms with van der Waals surface area (Å²) < 4.78 is 41.5. The average Bonchev–Trinajstić information content (AvgIpc) is 2.58. The van der Waals surface area contributed by atoms with Crippen LogP contribution in [0.4, 0.5) is 4.79 Å². The third-order valence-electron chi connectivity index (χ3n) is 2.76. The third kappa shape index (κ3) is 2.19. The van der Waals surface area contributed by atoms with E-state index in [9.17, 15) is 17.8 Å². The Morgan fingerprint density at radius 1 is 1.39 bits per heavy atom. The molecule has 1 atom stereocenters. The molecular formula is C11H12O6S. The molecule has 0 bridgehead atoms. The zero-order valence-electron chi connectivity index (χ0n) is 9.84. The maximum atomic E-state index is 11.3. The van der Waals surface area contributed by atoms with Crippen LogP contribution in [0.15, 0.2) is 23.1 Å². The minimum atomic E-state index is -4.39. The van der Waals surface area contributed by atoms with Crippen LogP contribution in [-0.2, 0) is 25.2 Å². The molecule has 1 heterocycles. The summed E-state index contributed by atoms with van der Waals surface area (Å²) in [6.07, 6.45) is -0.861. The second-order valence-corrected chi connectivity index (χ2v) is 5.74. The number of carbonyl (C=O) groups excluding carboxylic acids is 1. The van der Waals surface area contributed by atoms with Crippen molar-refractivity contribution in [3.8, 4) is 0 Å². The maximum absolute atomic E-state index is 11.3. The van der Waals surface area contributed by atoms with Crippen molar-refractivity contribution in [3.63, 3.8) is 0 Å². The van der Waals surface area contributed by atoms with E-state index in [-0.39, 0.29) is 17.1 Å². The van der Waals surface area contributed by atoms with Gasteiger partial charge in [0.05, 0.1) is 0 Å². The summed E-state index contributed by atoms with van der Waals surface area (Å²) in [7, 11) is -4.39. The Bertz CT molecular complexity index is 606. The topological polar surface area (TPSA) is 89.9 Å². The maximum Gasteiger partial charge on any atom is 0.509 e. The summed E-state index contributed by atoms with van der Waals surface area (Å²) in [6.45, 7) is 3.19. The van der Waals surface area contributed by atoms with Crippen LogP contribution >= 0.6 is 0 Å². The molecule has 1 aliphatic heterocycles. The summed E-state index contributed by atoms with van der Waals surface area (Å²) >= 11 is 0. The van der Waals surface area contributed by atoms with E-state index in [1.807, 2.05) is 0 Å². The molecule has 1 aliphatic rings. The normalized spacial score (nSPS) is 23.6. The Morgan fingerprint density at radius 2 is 2.06 bits per heavy atom. The van der Waals surface area contributed by atoms with E-state index in [2.05, 4.69) is 0 Å². The molecule has 0 amide bonds. The fourth-order valence-corrected chi connectivity index (χ4v) is 2.65. The molecule has 6 nitrogen and oxygen atoms in total. The number of cyclic esters (lactones) is 2. The van der Waals surface area contributed by atoms with Gasteiger partial charge in [0.25, 0.3) is 10.1 Å². The van der Waals surface area contributed by atoms with Crippen LogP contribution in [0, 0.1) is 6.92 Å². The zero-order valence-corrected chi connectivity index (χ0v) is 10.7. The van der Waals surface area contributed by atoms with Crippen LogP contribution in [0.3, 0.4) is 0 Å². The van der Waals surface area contributed by atoms with Gasteiger partial charge >= 0.3 is 6.16 Å². The first-order chi connectivity index (χ1) is 8.22. The van der Waals surface area contributed by atoms with Gasteiger partial charge in [0.2, 0.25) is 0 Å². The second kappa shape index (κ2) is 3.96. The van der Waals surface area contributed by atoms with Gasteiger partial charge in [0, 0.05) is 5.56 Å². The van der Waals surface area contributed by atoms with Gasteiger partial charge < -0.3 is 9.47 Å². The summed E-state index contributed by atoms with van der Waals surface area (Å²) in [5, 5.41) is 0. The SMILES string of the molecule is Cc1ccc(S(=O)(=O)O)c(C2(C)COC(=O)O2)c1. The molecule has 1 aromatic carbocycles. The van der Waals surface area contributed by atoms with Crippen molar-refractivity contribution in [1.82, 2.24) is 0 Å². The smallest absolute Gasteiger partial charge is 0.430 e. The van der Waals surface area contributed by atoms with Crippen molar-refractivity contribution in [2.75, 3.05) is 6.61 Å². The standard InChI is InChI=1S/C11H12O6S/c1-7-3-4-9(18(13,14)15)8(5-7)11(2)6-16-10(12)17-11/h3-5H,6H2,1-2H3,(H,13,14,15). The number of ether oxygens (including phenoxy) is 2. The second-order valence-electron chi connectivity index (χ2n) is 4.35. The predicted octanol–water partition coefficient (Wildman–Crippen LogP) is 1.62. The van der Waals surface area contributed by atoms with Crippen molar-refractivity contribution < 1.29 is 27.2 Å². The Hall–Kier alpha value is -1.60. The van der Waals surface area contributed by atoms with Crippen molar-refractivity contribution in [2.24, 2.45) is 0 Å². The van der Waals surface area contributed by atoms with Crippen LogP contribution in [-0.4, -0.2) is 25.7 Å². The molecule has 0 radical (unpaired) electrons. The van der Waals surface area contributed by atoms with Gasteiger partial charge in [-0.1, -0.05) is 17.7 Å². The molecule has 0 aliphatic carbocycles. The van der Waals surface area contributed by atoms with Gasteiger partial charge in [0.1, 0.15) is 11.5 Å². The average molecular weight is 272 g/mol. The van der Waals surface area contributed by atoms with Crippen LogP contribution in [0.2, 0.25) is 0 Å². The first-order valence-electron chi connectivity index (χ1n) is 5.17.